The average molecular weight is 805 g/mol. The van der Waals surface area contributed by atoms with Gasteiger partial charge in [0.25, 0.3) is 5.91 Å². The number of carbonyl (C=O) groups excluding carboxylic acids is 2. The Labute approximate surface area is 348 Å². The number of nitrogens with zero attached hydrogens (tertiary/aromatic N) is 2. The molecule has 11 nitrogen and oxygen atoms in total. The summed E-state index contributed by atoms with van der Waals surface area (Å²) in [6.07, 6.45) is 1.02. The number of methoxy groups -OCH3 is 1. The third kappa shape index (κ3) is 8.71. The van der Waals surface area contributed by atoms with Crippen molar-refractivity contribution in [1.29, 1.82) is 0 Å². The van der Waals surface area contributed by atoms with Crippen LogP contribution in [-0.2, 0) is 22.6 Å². The molecule has 4 aromatic carbocycles. The molecule has 8 rings (SSSR count). The highest BCUT2D eigenvalue weighted by Gasteiger charge is 2.57. The number of hydrogen-bond donors (Lipinski definition) is 4. The molecule has 0 radical (unpaired) electrons. The van der Waals surface area contributed by atoms with Crippen molar-refractivity contribution < 1.29 is 34.1 Å². The van der Waals surface area contributed by atoms with E-state index in [1.54, 1.807) is 19.1 Å². The van der Waals surface area contributed by atoms with E-state index in [0.717, 1.165) is 45.9 Å². The molecule has 3 aliphatic carbocycles. The minimum atomic E-state index is -0.909. The standard InChI is InChI=1S/C48H60N4O7/c1-29-39-25-35(48(39,3)4)26-40(29)50-47(56)44-43(30(2)54)42(28-53)59-52(44)27-32-15-13-18-38(45(32)57-7)33-22-34(24-36(23-33)51(5)6)46(55)49-21-20-31-14-11-12-19-41(31)58-37-16-9-8-10-17-37/h8-19,22-24,29-30,35,39-40,42-44,53-54H,20-21,25-28H2,1-7H3,(H,49,55)(H,50,56)/t29-,30-,35+,39-,40-,42-,43+,44-/m0/s1. The smallest absolute Gasteiger partial charge is 0.251 e. The number of hydroxylamine groups is 2. The molecule has 0 unspecified atom stereocenters. The minimum absolute atomic E-state index is 0.0293. The normalized spacial score (nSPS) is 25.1. The van der Waals surface area contributed by atoms with Crippen LogP contribution in [0.4, 0.5) is 5.69 Å². The van der Waals surface area contributed by atoms with Gasteiger partial charge in [0.1, 0.15) is 29.4 Å². The summed E-state index contributed by atoms with van der Waals surface area (Å²) in [6, 6.07) is 28.2. The van der Waals surface area contributed by atoms with Crippen LogP contribution in [0.1, 0.15) is 62.0 Å². The Kier molecular flexibility index (Phi) is 12.7. The van der Waals surface area contributed by atoms with Crippen LogP contribution in [0.5, 0.6) is 17.2 Å². The van der Waals surface area contributed by atoms with Crippen molar-refractivity contribution in [3.8, 4) is 28.4 Å². The van der Waals surface area contributed by atoms with Crippen molar-refractivity contribution in [2.75, 3.05) is 39.3 Å². The first kappa shape index (κ1) is 42.2. The fourth-order valence-electron chi connectivity index (χ4n) is 9.82. The highest BCUT2D eigenvalue weighted by atomic mass is 16.7. The van der Waals surface area contributed by atoms with Gasteiger partial charge in [0, 0.05) is 55.0 Å². The molecule has 0 spiro atoms. The summed E-state index contributed by atoms with van der Waals surface area (Å²) in [5.74, 6) is 2.43. The molecule has 4 aliphatic rings. The van der Waals surface area contributed by atoms with Gasteiger partial charge in [-0.2, -0.15) is 5.06 Å². The number of fused-ring (bicyclic) bond motifs is 2. The molecule has 0 aromatic heterocycles. The van der Waals surface area contributed by atoms with E-state index in [1.807, 2.05) is 110 Å². The summed E-state index contributed by atoms with van der Waals surface area (Å²) in [5.41, 5.74) is 4.88. The van der Waals surface area contributed by atoms with Crippen LogP contribution >= 0.6 is 0 Å². The van der Waals surface area contributed by atoms with Gasteiger partial charge < -0.3 is 35.2 Å². The molecule has 1 saturated heterocycles. The predicted octanol–water partition coefficient (Wildman–Crippen LogP) is 6.85. The number of rotatable bonds is 15. The second-order valence-electron chi connectivity index (χ2n) is 17.4. The Morgan fingerprint density at radius 1 is 0.983 bits per heavy atom. The molecule has 4 fully saturated rings. The highest BCUT2D eigenvalue weighted by Crippen LogP contribution is 2.61. The third-order valence-electron chi connectivity index (χ3n) is 13.3. The van der Waals surface area contributed by atoms with Gasteiger partial charge in [0.05, 0.1) is 26.4 Å². The molecule has 1 heterocycles. The molecule has 2 bridgehead atoms. The fraction of sp³-hybridized carbons (Fsp3) is 0.458. The molecule has 4 aromatic rings. The number of ether oxygens (including phenoxy) is 2. The van der Waals surface area contributed by atoms with Crippen LogP contribution in [-0.4, -0.2) is 85.7 Å². The second-order valence-corrected chi connectivity index (χ2v) is 17.4. The van der Waals surface area contributed by atoms with Crippen molar-refractivity contribution in [3.05, 3.63) is 108 Å². The predicted molar refractivity (Wildman–Crippen MR) is 229 cm³/mol. The zero-order valence-electron chi connectivity index (χ0n) is 35.4. The van der Waals surface area contributed by atoms with Gasteiger partial charge in [0.15, 0.2) is 0 Å². The van der Waals surface area contributed by atoms with E-state index in [0.29, 0.717) is 42.0 Å². The van der Waals surface area contributed by atoms with E-state index in [9.17, 15) is 19.8 Å². The quantitative estimate of drug-likeness (QED) is 0.102. The van der Waals surface area contributed by atoms with E-state index in [4.69, 9.17) is 14.3 Å². The molecular formula is C48H60N4O7. The van der Waals surface area contributed by atoms with Crippen molar-refractivity contribution in [3.63, 3.8) is 0 Å². The van der Waals surface area contributed by atoms with Gasteiger partial charge in [-0.05, 0) is 96.9 Å². The topological polar surface area (TPSA) is 133 Å². The molecule has 4 N–H and O–H groups in total. The Bertz CT molecular complexity index is 2110. The van der Waals surface area contributed by atoms with Gasteiger partial charge >= 0.3 is 0 Å². The molecule has 314 valence electrons. The molecule has 3 saturated carbocycles. The van der Waals surface area contributed by atoms with Crippen molar-refractivity contribution in [2.24, 2.45) is 29.1 Å². The van der Waals surface area contributed by atoms with E-state index in [-0.39, 0.29) is 36.4 Å². The van der Waals surface area contributed by atoms with E-state index in [2.05, 4.69) is 31.4 Å². The highest BCUT2D eigenvalue weighted by molar-refractivity contribution is 5.97. The zero-order chi connectivity index (χ0) is 42.0. The summed E-state index contributed by atoms with van der Waals surface area (Å²) in [5, 5.41) is 29.4. The lowest BCUT2D eigenvalue weighted by Gasteiger charge is -2.62. The summed E-state index contributed by atoms with van der Waals surface area (Å²) in [4.78, 5) is 36.3. The van der Waals surface area contributed by atoms with Crippen LogP contribution in [0, 0.1) is 29.1 Å². The van der Waals surface area contributed by atoms with Crippen LogP contribution in [0.25, 0.3) is 11.1 Å². The maximum Gasteiger partial charge on any atom is 0.251 e. The van der Waals surface area contributed by atoms with E-state index in [1.165, 1.54) is 6.42 Å². The molecule has 59 heavy (non-hydrogen) atoms. The summed E-state index contributed by atoms with van der Waals surface area (Å²) in [6.45, 7) is 8.76. The number of hydrogen-bond acceptors (Lipinski definition) is 9. The Balaban J connectivity index is 1.11. The fourth-order valence-corrected chi connectivity index (χ4v) is 9.82. The average Bonchev–Trinajstić information content (AvgIpc) is 3.60. The van der Waals surface area contributed by atoms with Gasteiger partial charge in [0.2, 0.25) is 5.91 Å². The van der Waals surface area contributed by atoms with Crippen LogP contribution in [0.15, 0.2) is 91.0 Å². The minimum Gasteiger partial charge on any atom is -0.496 e. The van der Waals surface area contributed by atoms with Crippen molar-refractivity contribution >= 4 is 17.5 Å². The summed E-state index contributed by atoms with van der Waals surface area (Å²) < 4.78 is 12.2. The summed E-state index contributed by atoms with van der Waals surface area (Å²) in [7, 11) is 5.47. The lowest BCUT2D eigenvalue weighted by atomic mass is 9.45. The molecule has 8 atom stereocenters. The number of benzene rings is 4. The number of aliphatic hydroxyl groups is 2. The largest absolute Gasteiger partial charge is 0.496 e. The Morgan fingerprint density at radius 3 is 2.39 bits per heavy atom. The Morgan fingerprint density at radius 2 is 1.71 bits per heavy atom. The number of amides is 2. The zero-order valence-corrected chi connectivity index (χ0v) is 35.4. The first-order chi connectivity index (χ1) is 28.3. The lowest BCUT2D eigenvalue weighted by molar-refractivity contribution is -0.183. The molecular weight excluding hydrogens is 745 g/mol. The van der Waals surface area contributed by atoms with Gasteiger partial charge in [-0.15, -0.1) is 0 Å². The lowest BCUT2D eigenvalue weighted by Crippen LogP contribution is -2.62. The van der Waals surface area contributed by atoms with E-state index < -0.39 is 24.2 Å². The van der Waals surface area contributed by atoms with Crippen LogP contribution < -0.4 is 25.0 Å². The molecule has 11 heteroatoms. The first-order valence-electron chi connectivity index (χ1n) is 20.9. The SMILES string of the molecule is COc1c(CN2O[C@@H](CO)[C@@H]([C@H](C)O)[C@H]2C(=O)N[C@H]2C[C@H]3C[C@@H]([C@@H]2C)C3(C)C)cccc1-c1cc(C(=O)NCCc2ccccc2Oc2ccccc2)cc(N(C)C)c1. The van der Waals surface area contributed by atoms with Crippen molar-refractivity contribution in [1.82, 2.24) is 15.7 Å². The number of nitrogens with one attached hydrogen (secondary N) is 2. The number of anilines is 1. The molecule has 1 aliphatic heterocycles. The van der Waals surface area contributed by atoms with Gasteiger partial charge in [-0.25, -0.2) is 0 Å². The van der Waals surface area contributed by atoms with Crippen LogP contribution in [0.2, 0.25) is 0 Å². The second kappa shape index (κ2) is 17.7. The maximum absolute atomic E-state index is 14.3. The van der Waals surface area contributed by atoms with Gasteiger partial charge in [-0.3, -0.25) is 14.4 Å². The number of carbonyl (C=O) groups is 2. The monoisotopic (exact) mass is 804 g/mol. The third-order valence-corrected chi connectivity index (χ3v) is 13.3. The number of aliphatic hydroxyl groups excluding tert-OH is 2. The maximum atomic E-state index is 14.3. The van der Waals surface area contributed by atoms with Gasteiger partial charge in [-0.1, -0.05) is 75.4 Å². The molecule has 2 amide bonds. The van der Waals surface area contributed by atoms with Crippen molar-refractivity contribution in [2.45, 2.75) is 77.8 Å². The van der Waals surface area contributed by atoms with Crippen LogP contribution in [0.3, 0.4) is 0 Å². The Hall–Kier alpha value is -4.94. The van der Waals surface area contributed by atoms with E-state index >= 15 is 0 Å². The summed E-state index contributed by atoms with van der Waals surface area (Å²) >= 11 is 0. The first-order valence-corrected chi connectivity index (χ1v) is 20.9. The number of para-hydroxylation sites is 3.